The molecule has 4 nitrogen and oxygen atoms in total. The normalized spacial score (nSPS) is 22.1. The van der Waals surface area contributed by atoms with Gasteiger partial charge in [0.15, 0.2) is 0 Å². The lowest BCUT2D eigenvalue weighted by Crippen LogP contribution is -2.31. The average molecular weight is 235 g/mol. The quantitative estimate of drug-likeness (QED) is 0.800. The van der Waals surface area contributed by atoms with E-state index in [1.807, 2.05) is 18.2 Å². The second kappa shape index (κ2) is 4.75. The Kier molecular flexibility index (Phi) is 3.33. The molecule has 0 saturated heterocycles. The molecule has 1 aromatic rings. The van der Waals surface area contributed by atoms with Crippen LogP contribution in [0.15, 0.2) is 18.2 Å². The molecule has 1 aromatic carbocycles. The molecular weight excluding hydrogens is 218 g/mol. The van der Waals surface area contributed by atoms with Gasteiger partial charge in [-0.05, 0) is 36.6 Å². The first-order valence-corrected chi connectivity index (χ1v) is 5.76. The third kappa shape index (κ3) is 2.13. The third-order valence-electron chi connectivity index (χ3n) is 3.11. The fourth-order valence-corrected chi connectivity index (χ4v) is 2.31. The Labute approximate surface area is 101 Å². The van der Waals surface area contributed by atoms with Gasteiger partial charge in [-0.2, -0.15) is 0 Å². The molecule has 0 radical (unpaired) electrons. The molecule has 0 aliphatic heterocycles. The SMILES string of the molecule is CCOC(=O)C1c2cc(OC)ccc2CC1N. The second-order valence-corrected chi connectivity index (χ2v) is 4.16. The van der Waals surface area contributed by atoms with Gasteiger partial charge < -0.3 is 15.2 Å². The van der Waals surface area contributed by atoms with Crippen LogP contribution in [0.25, 0.3) is 0 Å². The summed E-state index contributed by atoms with van der Waals surface area (Å²) in [6, 6.07) is 5.53. The van der Waals surface area contributed by atoms with Gasteiger partial charge in [-0.3, -0.25) is 4.79 Å². The number of carbonyl (C=O) groups excluding carboxylic acids is 1. The van der Waals surface area contributed by atoms with Gasteiger partial charge in [0.2, 0.25) is 0 Å². The molecule has 1 aliphatic rings. The summed E-state index contributed by atoms with van der Waals surface area (Å²) in [4.78, 5) is 11.9. The molecule has 2 rings (SSSR count). The van der Waals surface area contributed by atoms with Crippen molar-refractivity contribution in [3.05, 3.63) is 29.3 Å². The van der Waals surface area contributed by atoms with Crippen molar-refractivity contribution in [2.24, 2.45) is 5.73 Å². The molecule has 0 aromatic heterocycles. The van der Waals surface area contributed by atoms with Crippen LogP contribution in [0.5, 0.6) is 5.75 Å². The summed E-state index contributed by atoms with van der Waals surface area (Å²) >= 11 is 0. The zero-order valence-corrected chi connectivity index (χ0v) is 10.1. The molecule has 1 aliphatic carbocycles. The number of esters is 1. The number of hydrogen-bond acceptors (Lipinski definition) is 4. The van der Waals surface area contributed by atoms with Crippen molar-refractivity contribution in [1.82, 2.24) is 0 Å². The standard InChI is InChI=1S/C13H17NO3/c1-3-17-13(15)12-10-7-9(16-2)5-4-8(10)6-11(12)14/h4-5,7,11-12H,3,6,14H2,1-2H3. The summed E-state index contributed by atoms with van der Waals surface area (Å²) < 4.78 is 10.2. The molecule has 0 heterocycles. The van der Waals surface area contributed by atoms with Crippen LogP contribution in [0.2, 0.25) is 0 Å². The first-order chi connectivity index (χ1) is 8.17. The number of methoxy groups -OCH3 is 1. The monoisotopic (exact) mass is 235 g/mol. The van der Waals surface area contributed by atoms with Crippen LogP contribution >= 0.6 is 0 Å². The van der Waals surface area contributed by atoms with Gasteiger partial charge in [-0.25, -0.2) is 0 Å². The maximum Gasteiger partial charge on any atom is 0.315 e. The van der Waals surface area contributed by atoms with Crippen LogP contribution in [0.1, 0.15) is 24.0 Å². The van der Waals surface area contributed by atoms with E-state index < -0.39 is 0 Å². The van der Waals surface area contributed by atoms with E-state index in [1.54, 1.807) is 14.0 Å². The number of ether oxygens (including phenoxy) is 2. The minimum absolute atomic E-state index is 0.198. The van der Waals surface area contributed by atoms with E-state index in [1.165, 1.54) is 0 Å². The highest BCUT2D eigenvalue weighted by Gasteiger charge is 2.36. The van der Waals surface area contributed by atoms with E-state index in [4.69, 9.17) is 15.2 Å². The van der Waals surface area contributed by atoms with Crippen LogP contribution in [0.4, 0.5) is 0 Å². The zero-order chi connectivity index (χ0) is 12.4. The van der Waals surface area contributed by atoms with Crippen LogP contribution in [-0.4, -0.2) is 25.7 Å². The van der Waals surface area contributed by atoms with Gasteiger partial charge in [-0.1, -0.05) is 6.07 Å². The Morgan fingerprint density at radius 2 is 2.29 bits per heavy atom. The predicted molar refractivity (Wildman–Crippen MR) is 64.0 cm³/mol. The van der Waals surface area contributed by atoms with E-state index in [0.29, 0.717) is 13.0 Å². The van der Waals surface area contributed by atoms with Crippen LogP contribution in [0, 0.1) is 0 Å². The molecule has 2 N–H and O–H groups in total. The van der Waals surface area contributed by atoms with E-state index in [9.17, 15) is 4.79 Å². The summed E-state index contributed by atoms with van der Waals surface area (Å²) in [6.07, 6.45) is 0.711. The highest BCUT2D eigenvalue weighted by molar-refractivity contribution is 5.81. The highest BCUT2D eigenvalue weighted by atomic mass is 16.5. The Balaban J connectivity index is 2.34. The Bertz CT molecular complexity index is 431. The molecule has 0 bridgehead atoms. The molecule has 0 saturated carbocycles. The number of nitrogens with two attached hydrogens (primary N) is 1. The molecule has 2 atom stereocenters. The summed E-state index contributed by atoms with van der Waals surface area (Å²) in [5.74, 6) is 0.138. The highest BCUT2D eigenvalue weighted by Crippen LogP contribution is 2.35. The minimum Gasteiger partial charge on any atom is -0.497 e. The smallest absolute Gasteiger partial charge is 0.315 e. The minimum atomic E-state index is -0.361. The van der Waals surface area contributed by atoms with Gasteiger partial charge in [0, 0.05) is 6.04 Å². The number of benzene rings is 1. The van der Waals surface area contributed by atoms with Crippen LogP contribution in [-0.2, 0) is 16.0 Å². The number of rotatable bonds is 3. The fraction of sp³-hybridized carbons (Fsp3) is 0.462. The van der Waals surface area contributed by atoms with Crippen molar-refractivity contribution < 1.29 is 14.3 Å². The zero-order valence-electron chi connectivity index (χ0n) is 10.1. The summed E-state index contributed by atoms with van der Waals surface area (Å²) in [5, 5.41) is 0. The Hall–Kier alpha value is -1.55. The molecule has 0 fully saturated rings. The van der Waals surface area contributed by atoms with Gasteiger partial charge in [-0.15, -0.1) is 0 Å². The second-order valence-electron chi connectivity index (χ2n) is 4.16. The molecular formula is C13H17NO3. The van der Waals surface area contributed by atoms with Gasteiger partial charge in [0.1, 0.15) is 5.75 Å². The van der Waals surface area contributed by atoms with E-state index in [0.717, 1.165) is 16.9 Å². The molecule has 17 heavy (non-hydrogen) atoms. The number of hydrogen-bond donors (Lipinski definition) is 1. The van der Waals surface area contributed by atoms with Crippen molar-refractivity contribution in [3.63, 3.8) is 0 Å². The first-order valence-electron chi connectivity index (χ1n) is 5.76. The number of carbonyl (C=O) groups is 1. The molecule has 92 valence electrons. The van der Waals surface area contributed by atoms with Gasteiger partial charge >= 0.3 is 5.97 Å². The van der Waals surface area contributed by atoms with Crippen molar-refractivity contribution in [1.29, 1.82) is 0 Å². The van der Waals surface area contributed by atoms with Crippen molar-refractivity contribution >= 4 is 5.97 Å². The van der Waals surface area contributed by atoms with Gasteiger partial charge in [0.25, 0.3) is 0 Å². The lowest BCUT2D eigenvalue weighted by molar-refractivity contribution is -0.145. The summed E-state index contributed by atoms with van der Waals surface area (Å²) in [7, 11) is 1.61. The molecule has 0 spiro atoms. The molecule has 4 heteroatoms. The molecule has 2 unspecified atom stereocenters. The molecule has 0 amide bonds. The maximum atomic E-state index is 11.9. The average Bonchev–Trinajstić information content (AvgIpc) is 2.64. The van der Waals surface area contributed by atoms with Crippen molar-refractivity contribution in [2.75, 3.05) is 13.7 Å². The lowest BCUT2D eigenvalue weighted by Gasteiger charge is -2.15. The van der Waals surface area contributed by atoms with E-state index in [2.05, 4.69) is 0 Å². The number of fused-ring (bicyclic) bond motifs is 1. The van der Waals surface area contributed by atoms with Gasteiger partial charge in [0.05, 0.1) is 19.6 Å². The summed E-state index contributed by atoms with van der Waals surface area (Å²) in [5.41, 5.74) is 8.06. The van der Waals surface area contributed by atoms with Crippen molar-refractivity contribution in [2.45, 2.75) is 25.3 Å². The Morgan fingerprint density at radius 3 is 2.94 bits per heavy atom. The Morgan fingerprint density at radius 1 is 1.53 bits per heavy atom. The van der Waals surface area contributed by atoms with Crippen molar-refractivity contribution in [3.8, 4) is 5.75 Å². The van der Waals surface area contributed by atoms with E-state index in [-0.39, 0.29) is 17.9 Å². The topological polar surface area (TPSA) is 61.5 Å². The maximum absolute atomic E-state index is 11.9. The summed E-state index contributed by atoms with van der Waals surface area (Å²) in [6.45, 7) is 2.17. The third-order valence-corrected chi connectivity index (χ3v) is 3.11. The fourth-order valence-electron chi connectivity index (χ4n) is 2.31. The van der Waals surface area contributed by atoms with Crippen LogP contribution < -0.4 is 10.5 Å². The largest absolute Gasteiger partial charge is 0.497 e. The first kappa shape index (κ1) is 11.9. The van der Waals surface area contributed by atoms with Crippen LogP contribution in [0.3, 0.4) is 0 Å². The van der Waals surface area contributed by atoms with E-state index >= 15 is 0 Å². The lowest BCUT2D eigenvalue weighted by atomic mass is 9.99. The predicted octanol–water partition coefficient (Wildman–Crippen LogP) is 1.23.